The van der Waals surface area contributed by atoms with E-state index in [1.54, 1.807) is 16.9 Å². The smallest absolute Gasteiger partial charge is 0.374 e. The van der Waals surface area contributed by atoms with Gasteiger partial charge < -0.3 is 15.0 Å². The molecule has 0 fully saturated rings. The molecule has 11 heteroatoms. The Morgan fingerprint density at radius 2 is 2.00 bits per heavy atom. The Balaban J connectivity index is 1.84. The molecule has 3 rings (SSSR count). The van der Waals surface area contributed by atoms with Crippen molar-refractivity contribution in [3.63, 3.8) is 0 Å². The maximum Gasteiger partial charge on any atom is 0.425 e. The molecule has 3 aromatic rings. The number of alkyl halides is 3. The zero-order valence-corrected chi connectivity index (χ0v) is 15.4. The zero-order valence-electron chi connectivity index (χ0n) is 15.4. The number of fused-ring (bicyclic) bond motifs is 1. The van der Waals surface area contributed by atoms with Gasteiger partial charge in [-0.15, -0.1) is 0 Å². The van der Waals surface area contributed by atoms with Gasteiger partial charge in [-0.1, -0.05) is 0 Å². The number of carbonyl (C=O) groups excluding carboxylic acids is 1. The topological polar surface area (TPSA) is 97.9 Å². The van der Waals surface area contributed by atoms with E-state index in [1.165, 1.54) is 19.4 Å². The molecule has 0 saturated heterocycles. The van der Waals surface area contributed by atoms with Crippen LogP contribution in [0.4, 0.5) is 18.9 Å². The van der Waals surface area contributed by atoms with Gasteiger partial charge in [-0.3, -0.25) is 4.79 Å². The third-order valence-electron chi connectivity index (χ3n) is 4.28. The molecule has 0 aliphatic heterocycles. The Morgan fingerprint density at radius 1 is 1.29 bits per heavy atom. The molecule has 150 valence electrons. The van der Waals surface area contributed by atoms with E-state index in [9.17, 15) is 23.1 Å². The molecule has 8 nitrogen and oxygen atoms in total. The molecule has 0 aliphatic rings. The average molecular weight is 396 g/mol. The number of rotatable bonds is 5. The number of anilines is 1. The molecule has 28 heavy (non-hydrogen) atoms. The minimum atomic E-state index is -5.09. The highest BCUT2D eigenvalue weighted by atomic mass is 19.4. The highest BCUT2D eigenvalue weighted by Gasteiger charge is 2.58. The van der Waals surface area contributed by atoms with Gasteiger partial charge in [0.1, 0.15) is 0 Å². The van der Waals surface area contributed by atoms with Crippen LogP contribution in [0.5, 0.6) is 0 Å². The first-order valence-electron chi connectivity index (χ1n) is 8.43. The molecular weight excluding hydrogens is 377 g/mol. The predicted octanol–water partition coefficient (Wildman–Crippen LogP) is 2.52. The number of hydrogen-bond donors (Lipinski definition) is 2. The number of amides is 1. The highest BCUT2D eigenvalue weighted by Crippen LogP contribution is 2.40. The van der Waals surface area contributed by atoms with Gasteiger partial charge in [0, 0.05) is 30.9 Å². The van der Waals surface area contributed by atoms with Crippen molar-refractivity contribution in [1.82, 2.24) is 24.3 Å². The molecule has 0 radical (unpaired) electrons. The van der Waals surface area contributed by atoms with Crippen molar-refractivity contribution in [3.8, 4) is 0 Å². The number of aliphatic hydroxyl groups is 1. The molecule has 0 bridgehead atoms. The standard InChI is InChI=1S/C17H19F3N6O2/c1-10(2)26-14-11(8-23-26)6-12(9-22-14)24-13(27)7-16(28,17(18,19)20)15-21-4-5-25(15)3/h4-6,8-10,28H,7H2,1-3H3,(H,24,27). The minimum absolute atomic E-state index is 0.0741. The second kappa shape index (κ2) is 6.89. The molecule has 3 heterocycles. The summed E-state index contributed by atoms with van der Waals surface area (Å²) in [6, 6.07) is 1.63. The lowest BCUT2D eigenvalue weighted by Gasteiger charge is -2.29. The second-order valence-electron chi connectivity index (χ2n) is 6.76. The van der Waals surface area contributed by atoms with Crippen molar-refractivity contribution in [3.05, 3.63) is 36.7 Å². The van der Waals surface area contributed by atoms with Crippen LogP contribution in [0.15, 0.2) is 30.9 Å². The summed E-state index contributed by atoms with van der Waals surface area (Å²) in [5, 5.41) is 17.4. The molecular formula is C17H19F3N6O2. The lowest BCUT2D eigenvalue weighted by atomic mass is 9.97. The van der Waals surface area contributed by atoms with Crippen LogP contribution < -0.4 is 5.32 Å². The van der Waals surface area contributed by atoms with Gasteiger partial charge >= 0.3 is 6.18 Å². The second-order valence-corrected chi connectivity index (χ2v) is 6.76. The monoisotopic (exact) mass is 396 g/mol. The van der Waals surface area contributed by atoms with Crippen molar-refractivity contribution < 1.29 is 23.1 Å². The van der Waals surface area contributed by atoms with E-state index in [1.807, 2.05) is 13.8 Å². The number of pyridine rings is 1. The van der Waals surface area contributed by atoms with E-state index >= 15 is 0 Å². The first kappa shape index (κ1) is 19.8. The lowest BCUT2D eigenvalue weighted by molar-refractivity contribution is -0.270. The van der Waals surface area contributed by atoms with E-state index in [0.29, 0.717) is 11.0 Å². The van der Waals surface area contributed by atoms with Crippen molar-refractivity contribution in [2.75, 3.05) is 5.32 Å². The Labute approximate surface area is 158 Å². The first-order valence-corrected chi connectivity index (χ1v) is 8.43. The summed E-state index contributed by atoms with van der Waals surface area (Å²) in [6.45, 7) is 3.86. The summed E-state index contributed by atoms with van der Waals surface area (Å²) in [4.78, 5) is 20.0. The third kappa shape index (κ3) is 3.44. The van der Waals surface area contributed by atoms with Crippen LogP contribution in [0.3, 0.4) is 0 Å². The molecule has 0 spiro atoms. The van der Waals surface area contributed by atoms with Gasteiger partial charge in [-0.05, 0) is 19.9 Å². The van der Waals surface area contributed by atoms with Crippen molar-refractivity contribution >= 4 is 22.6 Å². The van der Waals surface area contributed by atoms with Crippen LogP contribution in [-0.2, 0) is 17.4 Å². The molecule has 1 amide bonds. The van der Waals surface area contributed by atoms with Gasteiger partial charge in [0.25, 0.3) is 0 Å². The van der Waals surface area contributed by atoms with Crippen LogP contribution in [0.2, 0.25) is 0 Å². The van der Waals surface area contributed by atoms with Crippen molar-refractivity contribution in [2.24, 2.45) is 7.05 Å². The first-order chi connectivity index (χ1) is 13.0. The SMILES string of the molecule is CC(C)n1ncc2cc(NC(=O)CC(O)(c3nccn3C)C(F)(F)F)cnc21. The number of hydrogen-bond acceptors (Lipinski definition) is 5. The van der Waals surface area contributed by atoms with Crippen LogP contribution in [0.25, 0.3) is 11.0 Å². The Kier molecular flexibility index (Phi) is 4.88. The maximum absolute atomic E-state index is 13.5. The predicted molar refractivity (Wildman–Crippen MR) is 94.3 cm³/mol. The number of imidazole rings is 1. The van der Waals surface area contributed by atoms with Crippen LogP contribution in [0, 0.1) is 0 Å². The Morgan fingerprint density at radius 3 is 2.57 bits per heavy atom. The number of nitrogens with one attached hydrogen (secondary N) is 1. The fraction of sp³-hybridized carbons (Fsp3) is 0.412. The van der Waals surface area contributed by atoms with Gasteiger partial charge in [0.05, 0.1) is 24.5 Å². The van der Waals surface area contributed by atoms with Gasteiger partial charge in [-0.2, -0.15) is 18.3 Å². The summed E-state index contributed by atoms with van der Waals surface area (Å²) in [7, 11) is 1.31. The van der Waals surface area contributed by atoms with E-state index in [4.69, 9.17) is 0 Å². The number of aryl methyl sites for hydroxylation is 1. The Bertz CT molecular complexity index is 1010. The summed E-state index contributed by atoms with van der Waals surface area (Å²) in [5.74, 6) is -1.69. The van der Waals surface area contributed by atoms with E-state index < -0.39 is 29.9 Å². The molecule has 1 unspecified atom stereocenters. The van der Waals surface area contributed by atoms with Gasteiger partial charge in [0.15, 0.2) is 11.5 Å². The van der Waals surface area contributed by atoms with E-state index in [-0.39, 0.29) is 11.7 Å². The Hall–Kier alpha value is -2.95. The molecule has 0 saturated carbocycles. The summed E-state index contributed by atoms with van der Waals surface area (Å²) in [5.41, 5.74) is -2.63. The largest absolute Gasteiger partial charge is 0.425 e. The van der Waals surface area contributed by atoms with Crippen molar-refractivity contribution in [2.45, 2.75) is 38.1 Å². The molecule has 3 aromatic heterocycles. The molecule has 0 aliphatic carbocycles. The molecule has 2 N–H and O–H groups in total. The summed E-state index contributed by atoms with van der Waals surface area (Å²) in [6.07, 6.45) is -1.08. The van der Waals surface area contributed by atoms with Crippen LogP contribution in [-0.4, -0.2) is 41.5 Å². The molecule has 1 atom stereocenters. The number of nitrogens with zero attached hydrogens (tertiary/aromatic N) is 5. The van der Waals surface area contributed by atoms with Gasteiger partial charge in [-0.25, -0.2) is 14.6 Å². The fourth-order valence-corrected chi connectivity index (χ4v) is 2.89. The number of carbonyl (C=O) groups is 1. The van der Waals surface area contributed by atoms with Crippen LogP contribution in [0.1, 0.15) is 32.1 Å². The van der Waals surface area contributed by atoms with E-state index in [0.717, 1.165) is 10.8 Å². The minimum Gasteiger partial charge on any atom is -0.374 e. The van der Waals surface area contributed by atoms with Crippen molar-refractivity contribution in [1.29, 1.82) is 0 Å². The fourth-order valence-electron chi connectivity index (χ4n) is 2.89. The average Bonchev–Trinajstić information content (AvgIpc) is 3.19. The van der Waals surface area contributed by atoms with Gasteiger partial charge in [0.2, 0.25) is 11.5 Å². The normalized spacial score (nSPS) is 14.4. The zero-order chi connectivity index (χ0) is 20.7. The quantitative estimate of drug-likeness (QED) is 0.691. The number of aromatic nitrogens is 5. The molecule has 0 aromatic carbocycles. The maximum atomic E-state index is 13.5. The third-order valence-corrected chi connectivity index (χ3v) is 4.28. The summed E-state index contributed by atoms with van der Waals surface area (Å²) < 4.78 is 43.3. The summed E-state index contributed by atoms with van der Waals surface area (Å²) >= 11 is 0. The lowest BCUT2D eigenvalue weighted by Crippen LogP contribution is -2.46. The highest BCUT2D eigenvalue weighted by molar-refractivity contribution is 5.93. The van der Waals surface area contributed by atoms with E-state index in [2.05, 4.69) is 20.4 Å². The van der Waals surface area contributed by atoms with Crippen LogP contribution >= 0.6 is 0 Å². The number of halogens is 3.